The van der Waals surface area contributed by atoms with Crippen molar-refractivity contribution in [1.82, 2.24) is 10.6 Å². The number of benzene rings is 1. The molecule has 1 heterocycles. The molecule has 1 atom stereocenters. The Balaban J connectivity index is 0.00000180. The summed E-state index contributed by atoms with van der Waals surface area (Å²) >= 11 is 3.18. The van der Waals surface area contributed by atoms with Crippen LogP contribution in [0.5, 0.6) is 0 Å². The molecule has 1 saturated heterocycles. The number of nitrogens with one attached hydrogen (secondary N) is 2. The third-order valence-electron chi connectivity index (χ3n) is 2.80. The zero-order valence-electron chi connectivity index (χ0n) is 9.89. The molecule has 0 aliphatic carbocycles. The quantitative estimate of drug-likeness (QED) is 0.644. The summed E-state index contributed by atoms with van der Waals surface area (Å²) in [5.74, 6) is -0.217. The summed E-state index contributed by atoms with van der Waals surface area (Å²) in [5, 5.41) is 16.6. The van der Waals surface area contributed by atoms with Gasteiger partial charge in [-0.1, -0.05) is 0 Å². The summed E-state index contributed by atoms with van der Waals surface area (Å²) in [5.41, 5.74) is 0.369. The van der Waals surface area contributed by atoms with Crippen LogP contribution in [0.4, 0.5) is 5.69 Å². The SMILES string of the molecule is Cl.O=C(NC1CCNC1)c1ccc([N+](=O)[O-])cc1Br. The zero-order chi connectivity index (χ0) is 13.1. The van der Waals surface area contributed by atoms with Gasteiger partial charge in [0, 0.05) is 29.2 Å². The van der Waals surface area contributed by atoms with Crippen LogP contribution in [0.15, 0.2) is 22.7 Å². The molecule has 1 aliphatic heterocycles. The molecule has 1 fully saturated rings. The van der Waals surface area contributed by atoms with Gasteiger partial charge in [0.15, 0.2) is 0 Å². The molecule has 0 radical (unpaired) electrons. The van der Waals surface area contributed by atoms with Crippen LogP contribution in [0.3, 0.4) is 0 Å². The van der Waals surface area contributed by atoms with Crippen molar-refractivity contribution in [3.05, 3.63) is 38.3 Å². The van der Waals surface area contributed by atoms with Crippen LogP contribution in [-0.4, -0.2) is 30.0 Å². The van der Waals surface area contributed by atoms with Crippen LogP contribution in [0.1, 0.15) is 16.8 Å². The third kappa shape index (κ3) is 3.89. The fourth-order valence-electron chi connectivity index (χ4n) is 1.84. The van der Waals surface area contributed by atoms with Gasteiger partial charge in [-0.3, -0.25) is 14.9 Å². The summed E-state index contributed by atoms with van der Waals surface area (Å²) in [4.78, 5) is 22.1. The molecule has 1 amide bonds. The second kappa shape index (κ2) is 6.83. The maximum absolute atomic E-state index is 12.0. The van der Waals surface area contributed by atoms with Gasteiger partial charge in [0.1, 0.15) is 0 Å². The summed E-state index contributed by atoms with van der Waals surface area (Å²) in [7, 11) is 0. The molecule has 1 aromatic carbocycles. The van der Waals surface area contributed by atoms with Gasteiger partial charge in [0.25, 0.3) is 11.6 Å². The lowest BCUT2D eigenvalue weighted by Crippen LogP contribution is -2.36. The van der Waals surface area contributed by atoms with Crippen molar-refractivity contribution in [3.63, 3.8) is 0 Å². The maximum Gasteiger partial charge on any atom is 0.270 e. The molecule has 0 aromatic heterocycles. The Kier molecular flexibility index (Phi) is 5.71. The first-order chi connectivity index (χ1) is 8.58. The summed E-state index contributed by atoms with van der Waals surface area (Å²) in [6, 6.07) is 4.24. The Labute approximate surface area is 124 Å². The van der Waals surface area contributed by atoms with Crippen molar-refractivity contribution in [2.24, 2.45) is 0 Å². The molecule has 1 aromatic rings. The molecule has 0 saturated carbocycles. The Morgan fingerprint density at radius 2 is 2.26 bits per heavy atom. The number of hydrogen-bond donors (Lipinski definition) is 2. The molecule has 6 nitrogen and oxygen atoms in total. The third-order valence-corrected chi connectivity index (χ3v) is 3.46. The Hall–Kier alpha value is -1.18. The van der Waals surface area contributed by atoms with Gasteiger partial charge >= 0.3 is 0 Å². The maximum atomic E-state index is 12.0. The van der Waals surface area contributed by atoms with Gasteiger partial charge < -0.3 is 10.6 Å². The Morgan fingerprint density at radius 1 is 1.53 bits per heavy atom. The summed E-state index contributed by atoms with van der Waals surface area (Å²) in [6.45, 7) is 1.66. The highest BCUT2D eigenvalue weighted by Gasteiger charge is 2.20. The number of nitro benzene ring substituents is 1. The second-order valence-corrected chi connectivity index (χ2v) is 4.94. The lowest BCUT2D eigenvalue weighted by atomic mass is 10.1. The minimum absolute atomic E-state index is 0. The highest BCUT2D eigenvalue weighted by Crippen LogP contribution is 2.23. The minimum atomic E-state index is -0.493. The Morgan fingerprint density at radius 3 is 2.79 bits per heavy atom. The van der Waals surface area contributed by atoms with Crippen molar-refractivity contribution in [2.45, 2.75) is 12.5 Å². The number of halogens is 2. The number of amides is 1. The largest absolute Gasteiger partial charge is 0.348 e. The normalized spacial score (nSPS) is 17.6. The fraction of sp³-hybridized carbons (Fsp3) is 0.364. The van der Waals surface area contributed by atoms with Crippen LogP contribution < -0.4 is 10.6 Å². The van der Waals surface area contributed by atoms with Crippen molar-refractivity contribution >= 4 is 39.9 Å². The first-order valence-corrected chi connectivity index (χ1v) is 6.33. The van der Waals surface area contributed by atoms with E-state index in [0.717, 1.165) is 19.5 Å². The molecule has 1 unspecified atom stereocenters. The van der Waals surface area contributed by atoms with Gasteiger partial charge in [-0.25, -0.2) is 0 Å². The van der Waals surface area contributed by atoms with Crippen LogP contribution in [0, 0.1) is 10.1 Å². The van der Waals surface area contributed by atoms with Gasteiger partial charge in [-0.15, -0.1) is 12.4 Å². The van der Waals surface area contributed by atoms with E-state index < -0.39 is 4.92 Å². The Bertz CT molecular complexity index is 492. The van der Waals surface area contributed by atoms with E-state index in [1.165, 1.54) is 18.2 Å². The van der Waals surface area contributed by atoms with Gasteiger partial charge in [0.05, 0.1) is 10.5 Å². The highest BCUT2D eigenvalue weighted by molar-refractivity contribution is 9.10. The monoisotopic (exact) mass is 349 g/mol. The number of rotatable bonds is 3. The lowest BCUT2D eigenvalue weighted by Gasteiger charge is -2.12. The van der Waals surface area contributed by atoms with Crippen molar-refractivity contribution in [1.29, 1.82) is 0 Å². The average molecular weight is 351 g/mol. The van der Waals surface area contributed by atoms with E-state index >= 15 is 0 Å². The fourth-order valence-corrected chi connectivity index (χ4v) is 2.39. The van der Waals surface area contributed by atoms with Crippen molar-refractivity contribution in [3.8, 4) is 0 Å². The number of carbonyl (C=O) groups excluding carboxylic acids is 1. The van der Waals surface area contributed by atoms with Crippen LogP contribution in [0.25, 0.3) is 0 Å². The van der Waals surface area contributed by atoms with E-state index in [9.17, 15) is 14.9 Å². The number of nitrogens with zero attached hydrogens (tertiary/aromatic N) is 1. The van der Waals surface area contributed by atoms with E-state index in [4.69, 9.17) is 0 Å². The van der Waals surface area contributed by atoms with Crippen LogP contribution in [-0.2, 0) is 0 Å². The molecule has 0 spiro atoms. The number of nitro groups is 1. The summed E-state index contributed by atoms with van der Waals surface area (Å²) < 4.78 is 0.431. The van der Waals surface area contributed by atoms with E-state index in [1.807, 2.05) is 0 Å². The van der Waals surface area contributed by atoms with Gasteiger partial charge in [-0.2, -0.15) is 0 Å². The molecule has 1 aliphatic rings. The molecular formula is C11H13BrClN3O3. The average Bonchev–Trinajstić information content (AvgIpc) is 2.81. The van der Waals surface area contributed by atoms with Crippen LogP contribution >= 0.6 is 28.3 Å². The molecule has 19 heavy (non-hydrogen) atoms. The van der Waals surface area contributed by atoms with E-state index in [-0.39, 0.29) is 30.0 Å². The number of non-ortho nitro benzene ring substituents is 1. The molecule has 0 bridgehead atoms. The van der Waals surface area contributed by atoms with Crippen LogP contribution in [0.2, 0.25) is 0 Å². The van der Waals surface area contributed by atoms with E-state index in [2.05, 4.69) is 26.6 Å². The first-order valence-electron chi connectivity index (χ1n) is 5.53. The standard InChI is InChI=1S/C11H12BrN3O3.ClH/c12-10-5-8(15(17)18)1-2-9(10)11(16)14-7-3-4-13-6-7;/h1-2,5,7,13H,3-4,6H2,(H,14,16);1H. The predicted molar refractivity (Wildman–Crippen MR) is 76.8 cm³/mol. The van der Waals surface area contributed by atoms with Crippen molar-refractivity contribution < 1.29 is 9.72 Å². The minimum Gasteiger partial charge on any atom is -0.348 e. The molecule has 2 rings (SSSR count). The van der Waals surface area contributed by atoms with E-state index in [1.54, 1.807) is 0 Å². The molecule has 2 N–H and O–H groups in total. The van der Waals surface area contributed by atoms with E-state index in [0.29, 0.717) is 10.0 Å². The smallest absolute Gasteiger partial charge is 0.270 e. The first kappa shape index (κ1) is 15.9. The zero-order valence-corrected chi connectivity index (χ0v) is 12.3. The lowest BCUT2D eigenvalue weighted by molar-refractivity contribution is -0.384. The molecule has 104 valence electrons. The number of hydrogen-bond acceptors (Lipinski definition) is 4. The predicted octanol–water partition coefficient (Wildman–Crippen LogP) is 1.87. The topological polar surface area (TPSA) is 84.3 Å². The highest BCUT2D eigenvalue weighted by atomic mass is 79.9. The second-order valence-electron chi connectivity index (χ2n) is 4.08. The molecular weight excluding hydrogens is 337 g/mol. The molecule has 8 heteroatoms. The number of carbonyl (C=O) groups is 1. The van der Waals surface area contributed by atoms with Gasteiger partial charge in [0.2, 0.25) is 0 Å². The van der Waals surface area contributed by atoms with Crippen molar-refractivity contribution in [2.75, 3.05) is 13.1 Å². The van der Waals surface area contributed by atoms with Gasteiger partial charge in [-0.05, 0) is 35.0 Å². The summed E-state index contributed by atoms with van der Waals surface area (Å²) in [6.07, 6.45) is 0.899.